The predicted molar refractivity (Wildman–Crippen MR) is 70.8 cm³/mol. The van der Waals surface area contributed by atoms with Crippen LogP contribution in [-0.2, 0) is 0 Å². The van der Waals surface area contributed by atoms with Crippen molar-refractivity contribution in [3.8, 4) is 0 Å². The van der Waals surface area contributed by atoms with Gasteiger partial charge in [0.25, 0.3) is 0 Å². The first-order valence-corrected chi connectivity index (χ1v) is 6.79. The van der Waals surface area contributed by atoms with Crippen LogP contribution in [0.2, 0.25) is 0 Å². The van der Waals surface area contributed by atoms with Gasteiger partial charge in [0.2, 0.25) is 0 Å². The molecule has 0 saturated carbocycles. The van der Waals surface area contributed by atoms with Gasteiger partial charge >= 0.3 is 6.09 Å². The number of likely N-dealkylation sites (tertiary alicyclic amines) is 1. The number of carbonyl (C=O) groups is 1. The van der Waals surface area contributed by atoms with E-state index in [0.717, 1.165) is 29.7 Å². The molecule has 2 saturated heterocycles. The second kappa shape index (κ2) is 4.42. The summed E-state index contributed by atoms with van der Waals surface area (Å²) in [5.41, 5.74) is 1.06. The average molecular weight is 312 g/mol. The van der Waals surface area contributed by atoms with E-state index >= 15 is 0 Å². The fraction of sp³-hybridized carbons (Fsp3) is 0.500. The molecule has 1 aromatic rings. The van der Waals surface area contributed by atoms with Crippen molar-refractivity contribution in [1.82, 2.24) is 9.88 Å². The van der Waals surface area contributed by atoms with Crippen LogP contribution < -0.4 is 4.90 Å². The summed E-state index contributed by atoms with van der Waals surface area (Å²) in [6, 6.07) is 2.17. The Kier molecular flexibility index (Phi) is 2.89. The van der Waals surface area contributed by atoms with Crippen molar-refractivity contribution in [2.24, 2.45) is 5.92 Å². The van der Waals surface area contributed by atoms with Crippen LogP contribution in [0.3, 0.4) is 0 Å². The predicted octanol–water partition coefficient (Wildman–Crippen LogP) is 2.03. The van der Waals surface area contributed by atoms with Gasteiger partial charge in [0.15, 0.2) is 0 Å². The van der Waals surface area contributed by atoms with Gasteiger partial charge in [-0.05, 0) is 28.4 Å². The molecule has 2 aliphatic rings. The van der Waals surface area contributed by atoms with Crippen LogP contribution in [0.5, 0.6) is 0 Å². The smallest absolute Gasteiger partial charge is 0.407 e. The summed E-state index contributed by atoms with van der Waals surface area (Å²) >= 11 is 3.41. The fourth-order valence-corrected chi connectivity index (χ4v) is 3.34. The summed E-state index contributed by atoms with van der Waals surface area (Å²) in [5, 5.41) is 9.15. The van der Waals surface area contributed by atoms with Crippen molar-refractivity contribution in [3.05, 3.63) is 22.9 Å². The zero-order valence-corrected chi connectivity index (χ0v) is 11.4. The van der Waals surface area contributed by atoms with E-state index < -0.39 is 6.09 Å². The SMILES string of the molecule is O=C(O)N1CC[C@H]2CN(c3cncc(Br)c3)C[C@H]21. The number of rotatable bonds is 1. The van der Waals surface area contributed by atoms with Crippen molar-refractivity contribution in [1.29, 1.82) is 0 Å². The fourth-order valence-electron chi connectivity index (χ4n) is 2.98. The van der Waals surface area contributed by atoms with E-state index in [0.29, 0.717) is 12.5 Å². The van der Waals surface area contributed by atoms with Gasteiger partial charge in [-0.1, -0.05) is 0 Å². The number of carboxylic acid groups (broad SMARTS) is 1. The van der Waals surface area contributed by atoms with Gasteiger partial charge in [0, 0.05) is 36.2 Å². The van der Waals surface area contributed by atoms with Crippen molar-refractivity contribution >= 4 is 27.7 Å². The molecule has 0 aliphatic carbocycles. The number of hydrogen-bond donors (Lipinski definition) is 1. The van der Waals surface area contributed by atoms with Crippen LogP contribution in [0.15, 0.2) is 22.9 Å². The molecule has 2 fully saturated rings. The minimum Gasteiger partial charge on any atom is -0.465 e. The van der Waals surface area contributed by atoms with Crippen LogP contribution in [-0.4, -0.2) is 46.8 Å². The molecule has 3 rings (SSSR count). The number of fused-ring (bicyclic) bond motifs is 1. The number of pyridine rings is 1. The number of aromatic nitrogens is 1. The standard InChI is InChI=1S/C12H14BrN3O2/c13-9-3-10(5-14-4-9)15-6-8-1-2-16(12(17)18)11(8)7-15/h3-5,8,11H,1-2,6-7H2,(H,17,18)/t8-,11+/m0/s1. The molecule has 2 aliphatic heterocycles. The molecular weight excluding hydrogens is 298 g/mol. The lowest BCUT2D eigenvalue weighted by Crippen LogP contribution is -2.38. The molecule has 1 N–H and O–H groups in total. The van der Waals surface area contributed by atoms with E-state index in [9.17, 15) is 4.79 Å². The Balaban J connectivity index is 1.78. The lowest BCUT2D eigenvalue weighted by molar-refractivity contribution is 0.140. The highest BCUT2D eigenvalue weighted by Gasteiger charge is 2.43. The summed E-state index contributed by atoms with van der Waals surface area (Å²) in [7, 11) is 0. The molecule has 0 aromatic carbocycles. The van der Waals surface area contributed by atoms with Crippen LogP contribution in [0.25, 0.3) is 0 Å². The molecule has 3 heterocycles. The van der Waals surface area contributed by atoms with E-state index in [-0.39, 0.29) is 6.04 Å². The van der Waals surface area contributed by atoms with E-state index in [1.165, 1.54) is 0 Å². The lowest BCUT2D eigenvalue weighted by Gasteiger charge is -2.23. The summed E-state index contributed by atoms with van der Waals surface area (Å²) in [4.78, 5) is 19.1. The van der Waals surface area contributed by atoms with Crippen LogP contribution >= 0.6 is 15.9 Å². The van der Waals surface area contributed by atoms with Crippen LogP contribution in [0, 0.1) is 5.92 Å². The number of hydrogen-bond acceptors (Lipinski definition) is 3. The third kappa shape index (κ3) is 1.94. The molecule has 5 nitrogen and oxygen atoms in total. The molecule has 2 atom stereocenters. The Labute approximate surface area is 114 Å². The van der Waals surface area contributed by atoms with Crippen molar-refractivity contribution in [3.63, 3.8) is 0 Å². The first-order valence-electron chi connectivity index (χ1n) is 6.00. The van der Waals surface area contributed by atoms with Crippen molar-refractivity contribution in [2.75, 3.05) is 24.5 Å². The first kappa shape index (κ1) is 11.8. The Morgan fingerprint density at radius 3 is 3.00 bits per heavy atom. The zero-order valence-electron chi connectivity index (χ0n) is 9.79. The monoisotopic (exact) mass is 311 g/mol. The average Bonchev–Trinajstić information content (AvgIpc) is 2.87. The normalized spacial score (nSPS) is 26.5. The molecule has 0 radical (unpaired) electrons. The molecule has 96 valence electrons. The summed E-state index contributed by atoms with van der Waals surface area (Å²) < 4.78 is 0.951. The summed E-state index contributed by atoms with van der Waals surface area (Å²) in [5.74, 6) is 0.458. The Bertz CT molecular complexity index is 482. The molecule has 0 spiro atoms. The third-order valence-corrected chi connectivity index (χ3v) is 4.28. The third-order valence-electron chi connectivity index (χ3n) is 3.85. The quantitative estimate of drug-likeness (QED) is 0.862. The maximum Gasteiger partial charge on any atom is 0.407 e. The molecule has 1 amide bonds. The Morgan fingerprint density at radius 2 is 2.28 bits per heavy atom. The highest BCUT2D eigenvalue weighted by Crippen LogP contribution is 2.34. The van der Waals surface area contributed by atoms with E-state index in [4.69, 9.17) is 5.11 Å². The number of halogens is 1. The van der Waals surface area contributed by atoms with E-state index in [2.05, 4.69) is 25.8 Å². The molecule has 0 bridgehead atoms. The van der Waals surface area contributed by atoms with E-state index in [1.54, 1.807) is 11.1 Å². The van der Waals surface area contributed by atoms with Crippen LogP contribution in [0.1, 0.15) is 6.42 Å². The topological polar surface area (TPSA) is 56.7 Å². The molecule has 6 heteroatoms. The van der Waals surface area contributed by atoms with Gasteiger partial charge in [-0.15, -0.1) is 0 Å². The number of amides is 1. The highest BCUT2D eigenvalue weighted by molar-refractivity contribution is 9.10. The van der Waals surface area contributed by atoms with Gasteiger partial charge < -0.3 is 14.9 Å². The summed E-state index contributed by atoms with van der Waals surface area (Å²) in [6.45, 7) is 2.37. The van der Waals surface area contributed by atoms with Crippen LogP contribution in [0.4, 0.5) is 10.5 Å². The maximum absolute atomic E-state index is 11.1. The summed E-state index contributed by atoms with van der Waals surface area (Å²) in [6.07, 6.45) is 3.76. The maximum atomic E-state index is 11.1. The highest BCUT2D eigenvalue weighted by atomic mass is 79.9. The minimum absolute atomic E-state index is 0.140. The van der Waals surface area contributed by atoms with Crippen molar-refractivity contribution in [2.45, 2.75) is 12.5 Å². The second-order valence-corrected chi connectivity index (χ2v) is 5.77. The van der Waals surface area contributed by atoms with Gasteiger partial charge in [0.1, 0.15) is 0 Å². The van der Waals surface area contributed by atoms with Crippen molar-refractivity contribution < 1.29 is 9.90 Å². The Morgan fingerprint density at radius 1 is 1.44 bits per heavy atom. The van der Waals surface area contributed by atoms with Gasteiger partial charge in [-0.25, -0.2) is 4.79 Å². The molecular formula is C12H14BrN3O2. The zero-order chi connectivity index (χ0) is 12.7. The molecule has 18 heavy (non-hydrogen) atoms. The minimum atomic E-state index is -0.795. The van der Waals surface area contributed by atoms with E-state index in [1.807, 2.05) is 12.3 Å². The largest absolute Gasteiger partial charge is 0.465 e. The Hall–Kier alpha value is -1.30. The second-order valence-electron chi connectivity index (χ2n) is 4.86. The van der Waals surface area contributed by atoms with Gasteiger partial charge in [-0.3, -0.25) is 4.98 Å². The van der Waals surface area contributed by atoms with Gasteiger partial charge in [-0.2, -0.15) is 0 Å². The van der Waals surface area contributed by atoms with Gasteiger partial charge in [0.05, 0.1) is 17.9 Å². The molecule has 0 unspecified atom stereocenters. The number of anilines is 1. The molecule has 1 aromatic heterocycles. The lowest BCUT2D eigenvalue weighted by atomic mass is 10.1. The first-order chi connectivity index (χ1) is 8.65. The number of nitrogens with zero attached hydrogens (tertiary/aromatic N) is 3.